The molecule has 0 aliphatic rings. The van der Waals surface area contributed by atoms with Gasteiger partial charge in [-0.3, -0.25) is 0 Å². The number of fused-ring (bicyclic) bond motifs is 1. The molecule has 1 aromatic heterocycles. The highest BCUT2D eigenvalue weighted by Gasteiger charge is 2.12. The van der Waals surface area contributed by atoms with Gasteiger partial charge >= 0.3 is 0 Å². The Morgan fingerprint density at radius 2 is 1.76 bits per heavy atom. The predicted molar refractivity (Wildman–Crippen MR) is 135 cm³/mol. The van der Waals surface area contributed by atoms with Gasteiger partial charge in [0.1, 0.15) is 12.4 Å². The highest BCUT2D eigenvalue weighted by molar-refractivity contribution is 6.31. The van der Waals surface area contributed by atoms with Crippen LogP contribution in [0.5, 0.6) is 11.5 Å². The second-order valence-electron chi connectivity index (χ2n) is 7.72. The minimum atomic E-state index is 0.410. The SMILES string of the molecule is CCOc1cc(CNCCCc2nc3ccccc3[nH]2)c(Cl)cc1OCc1ccc(Cl)cc1. The molecule has 1 heterocycles. The lowest BCUT2D eigenvalue weighted by Gasteiger charge is -2.15. The van der Waals surface area contributed by atoms with E-state index < -0.39 is 0 Å². The summed E-state index contributed by atoms with van der Waals surface area (Å²) >= 11 is 12.5. The Morgan fingerprint density at radius 3 is 2.55 bits per heavy atom. The fraction of sp³-hybridized carbons (Fsp3) is 0.269. The van der Waals surface area contributed by atoms with Crippen molar-refractivity contribution in [2.45, 2.75) is 32.9 Å². The molecule has 3 aromatic carbocycles. The summed E-state index contributed by atoms with van der Waals surface area (Å²) in [6.45, 7) is 4.41. The van der Waals surface area contributed by atoms with Gasteiger partial charge in [-0.1, -0.05) is 47.5 Å². The van der Waals surface area contributed by atoms with Gasteiger partial charge in [0, 0.05) is 29.1 Å². The minimum absolute atomic E-state index is 0.410. The van der Waals surface area contributed by atoms with Crippen LogP contribution in [0, 0.1) is 0 Å². The van der Waals surface area contributed by atoms with Crippen molar-refractivity contribution in [2.75, 3.05) is 13.2 Å². The molecule has 0 atom stereocenters. The first-order valence-corrected chi connectivity index (χ1v) is 11.8. The molecule has 172 valence electrons. The number of nitrogens with one attached hydrogen (secondary N) is 2. The number of hydrogen-bond acceptors (Lipinski definition) is 4. The molecule has 0 unspecified atom stereocenters. The summed E-state index contributed by atoms with van der Waals surface area (Å²) in [5.41, 5.74) is 4.08. The van der Waals surface area contributed by atoms with Crippen LogP contribution >= 0.6 is 23.2 Å². The topological polar surface area (TPSA) is 59.2 Å². The van der Waals surface area contributed by atoms with Crippen molar-refractivity contribution in [2.24, 2.45) is 0 Å². The Kier molecular flexibility index (Phi) is 8.10. The quantitative estimate of drug-likeness (QED) is 0.237. The summed E-state index contributed by atoms with van der Waals surface area (Å²) in [7, 11) is 0. The van der Waals surface area contributed by atoms with Gasteiger partial charge in [-0.2, -0.15) is 0 Å². The summed E-state index contributed by atoms with van der Waals surface area (Å²) in [6.07, 6.45) is 1.86. The van der Waals surface area contributed by atoms with Crippen LogP contribution in [0.2, 0.25) is 10.0 Å². The van der Waals surface area contributed by atoms with E-state index in [-0.39, 0.29) is 0 Å². The van der Waals surface area contributed by atoms with Crippen LogP contribution in [0.25, 0.3) is 11.0 Å². The zero-order chi connectivity index (χ0) is 23.0. The number of imidazole rings is 1. The number of H-pyrrole nitrogens is 1. The van der Waals surface area contributed by atoms with E-state index in [9.17, 15) is 0 Å². The second kappa shape index (κ2) is 11.4. The molecule has 2 N–H and O–H groups in total. The van der Waals surface area contributed by atoms with Crippen molar-refractivity contribution in [3.8, 4) is 11.5 Å². The third-order valence-corrected chi connectivity index (χ3v) is 5.85. The first kappa shape index (κ1) is 23.4. The first-order chi connectivity index (χ1) is 16.1. The number of benzene rings is 3. The third kappa shape index (κ3) is 6.41. The molecule has 0 aliphatic carbocycles. The molecular weight excluding hydrogens is 457 g/mol. The van der Waals surface area contributed by atoms with Crippen molar-refractivity contribution < 1.29 is 9.47 Å². The molecule has 33 heavy (non-hydrogen) atoms. The lowest BCUT2D eigenvalue weighted by Crippen LogP contribution is -2.16. The number of hydrogen-bond donors (Lipinski definition) is 2. The monoisotopic (exact) mass is 483 g/mol. The second-order valence-corrected chi connectivity index (χ2v) is 8.56. The zero-order valence-electron chi connectivity index (χ0n) is 18.5. The van der Waals surface area contributed by atoms with Gasteiger partial charge in [-0.15, -0.1) is 0 Å². The van der Waals surface area contributed by atoms with Crippen LogP contribution in [-0.2, 0) is 19.6 Å². The number of para-hydroxylation sites is 2. The van der Waals surface area contributed by atoms with Crippen molar-refractivity contribution in [3.63, 3.8) is 0 Å². The number of rotatable bonds is 11. The Morgan fingerprint density at radius 1 is 0.970 bits per heavy atom. The molecular formula is C26H27Cl2N3O2. The smallest absolute Gasteiger partial charge is 0.163 e. The molecule has 0 fully saturated rings. The van der Waals surface area contributed by atoms with Crippen LogP contribution in [-0.4, -0.2) is 23.1 Å². The fourth-order valence-corrected chi connectivity index (χ4v) is 3.91. The van der Waals surface area contributed by atoms with Gasteiger partial charge < -0.3 is 19.8 Å². The van der Waals surface area contributed by atoms with Gasteiger partial charge in [0.2, 0.25) is 0 Å². The fourth-order valence-electron chi connectivity index (χ4n) is 3.56. The first-order valence-electron chi connectivity index (χ1n) is 11.1. The van der Waals surface area contributed by atoms with Gasteiger partial charge in [-0.05, 0) is 61.3 Å². The van der Waals surface area contributed by atoms with Crippen molar-refractivity contribution in [1.82, 2.24) is 15.3 Å². The average Bonchev–Trinajstić information content (AvgIpc) is 3.23. The van der Waals surface area contributed by atoms with E-state index in [1.807, 2.05) is 67.6 Å². The largest absolute Gasteiger partial charge is 0.490 e. The average molecular weight is 484 g/mol. The Labute approximate surface area is 204 Å². The molecule has 0 spiro atoms. The summed E-state index contributed by atoms with van der Waals surface area (Å²) in [5, 5.41) is 4.81. The standard InChI is InChI=1S/C26H27Cl2N3O2/c1-2-32-24-14-19(21(28)15-25(24)33-17-18-9-11-20(27)12-10-18)16-29-13-5-8-26-30-22-6-3-4-7-23(22)31-26/h3-4,6-7,9-12,14-15,29H,2,5,8,13,16-17H2,1H3,(H,30,31). The summed E-state index contributed by atoms with van der Waals surface area (Å²) in [4.78, 5) is 8.00. The number of aromatic nitrogens is 2. The molecule has 0 radical (unpaired) electrons. The minimum Gasteiger partial charge on any atom is -0.490 e. The zero-order valence-corrected chi connectivity index (χ0v) is 20.0. The van der Waals surface area contributed by atoms with E-state index in [1.165, 1.54) is 0 Å². The van der Waals surface area contributed by atoms with E-state index in [4.69, 9.17) is 32.7 Å². The van der Waals surface area contributed by atoms with Crippen LogP contribution in [0.15, 0.2) is 60.7 Å². The highest BCUT2D eigenvalue weighted by atomic mass is 35.5. The van der Waals surface area contributed by atoms with Crippen molar-refractivity contribution in [3.05, 3.63) is 87.7 Å². The molecule has 0 saturated heterocycles. The molecule has 0 amide bonds. The van der Waals surface area contributed by atoms with E-state index in [0.29, 0.717) is 41.3 Å². The number of aromatic amines is 1. The maximum absolute atomic E-state index is 6.55. The Hall–Kier alpha value is -2.73. The molecule has 0 bridgehead atoms. The Bertz CT molecular complexity index is 1160. The normalized spacial score (nSPS) is 11.1. The maximum atomic E-state index is 6.55. The van der Waals surface area contributed by atoms with Crippen LogP contribution in [0.4, 0.5) is 0 Å². The summed E-state index contributed by atoms with van der Waals surface area (Å²) < 4.78 is 11.8. The van der Waals surface area contributed by atoms with Gasteiger partial charge in [-0.25, -0.2) is 4.98 Å². The van der Waals surface area contributed by atoms with Gasteiger partial charge in [0.05, 0.1) is 17.6 Å². The van der Waals surface area contributed by atoms with Crippen LogP contribution in [0.3, 0.4) is 0 Å². The number of ether oxygens (including phenoxy) is 2. The van der Waals surface area contributed by atoms with Gasteiger partial charge in [0.25, 0.3) is 0 Å². The van der Waals surface area contributed by atoms with Gasteiger partial charge in [0.15, 0.2) is 11.5 Å². The molecule has 7 heteroatoms. The number of nitrogens with zero attached hydrogens (tertiary/aromatic N) is 1. The maximum Gasteiger partial charge on any atom is 0.163 e. The van der Waals surface area contributed by atoms with Crippen molar-refractivity contribution in [1.29, 1.82) is 0 Å². The van der Waals surface area contributed by atoms with Crippen LogP contribution in [0.1, 0.15) is 30.3 Å². The van der Waals surface area contributed by atoms with E-state index in [0.717, 1.165) is 47.4 Å². The van der Waals surface area contributed by atoms with Crippen LogP contribution < -0.4 is 14.8 Å². The molecule has 4 aromatic rings. The number of halogens is 2. The molecule has 0 saturated carbocycles. The van der Waals surface area contributed by atoms with E-state index in [2.05, 4.69) is 15.3 Å². The molecule has 5 nitrogen and oxygen atoms in total. The third-order valence-electron chi connectivity index (χ3n) is 5.24. The van der Waals surface area contributed by atoms with E-state index >= 15 is 0 Å². The lowest BCUT2D eigenvalue weighted by molar-refractivity contribution is 0.269. The Balaban J connectivity index is 1.31. The predicted octanol–water partition coefficient (Wildman–Crippen LogP) is 6.57. The lowest BCUT2D eigenvalue weighted by atomic mass is 10.2. The number of aryl methyl sites for hydroxylation is 1. The highest BCUT2D eigenvalue weighted by Crippen LogP contribution is 2.34. The summed E-state index contributed by atoms with van der Waals surface area (Å²) in [5.74, 6) is 2.33. The van der Waals surface area contributed by atoms with Crippen molar-refractivity contribution >= 4 is 34.2 Å². The molecule has 0 aliphatic heterocycles. The molecule has 4 rings (SSSR count). The van der Waals surface area contributed by atoms with E-state index in [1.54, 1.807) is 0 Å². The summed E-state index contributed by atoms with van der Waals surface area (Å²) in [6, 6.07) is 19.4.